The van der Waals surface area contributed by atoms with Crippen molar-refractivity contribution >= 4 is 34.2 Å². The highest BCUT2D eigenvalue weighted by Gasteiger charge is 2.37. The van der Waals surface area contributed by atoms with Crippen LogP contribution in [0.1, 0.15) is 55.8 Å². The van der Waals surface area contributed by atoms with Gasteiger partial charge in [-0.1, -0.05) is 11.1 Å². The number of carboxylic acids is 1. The summed E-state index contributed by atoms with van der Waals surface area (Å²) in [5, 5.41) is 12.7. The number of aryl methyl sites for hydroxylation is 1. The SMILES string of the molecule is CC1=C(C)C[C@H](C(=O)Nc2sc(C)cc2C(=O)OC(C)C)[C@@H](C(=O)O)C1. The quantitative estimate of drug-likeness (QED) is 0.596. The molecule has 0 radical (unpaired) electrons. The fourth-order valence-corrected chi connectivity index (χ4v) is 3.97. The molecular weight excluding hydrogens is 354 g/mol. The number of rotatable bonds is 5. The Balaban J connectivity index is 2.24. The van der Waals surface area contributed by atoms with Crippen molar-refractivity contribution in [3.05, 3.63) is 27.7 Å². The molecule has 0 aliphatic heterocycles. The maximum Gasteiger partial charge on any atom is 0.341 e. The second-order valence-corrected chi connectivity index (χ2v) is 8.32. The Morgan fingerprint density at radius 2 is 1.73 bits per heavy atom. The van der Waals surface area contributed by atoms with E-state index in [4.69, 9.17) is 4.74 Å². The predicted octanol–water partition coefficient (Wildman–Crippen LogP) is 4.01. The van der Waals surface area contributed by atoms with Crippen molar-refractivity contribution in [1.82, 2.24) is 0 Å². The zero-order valence-electron chi connectivity index (χ0n) is 15.7. The molecule has 1 aromatic rings. The zero-order chi connectivity index (χ0) is 19.6. The van der Waals surface area contributed by atoms with E-state index in [-0.39, 0.29) is 12.0 Å². The Kier molecular flexibility index (Phi) is 6.23. The number of anilines is 1. The Labute approximate surface area is 157 Å². The van der Waals surface area contributed by atoms with Crippen LogP contribution in [0, 0.1) is 18.8 Å². The van der Waals surface area contributed by atoms with Crippen molar-refractivity contribution < 1.29 is 24.2 Å². The van der Waals surface area contributed by atoms with Crippen LogP contribution in [0.2, 0.25) is 0 Å². The third-order valence-corrected chi connectivity index (χ3v) is 5.54. The lowest BCUT2D eigenvalue weighted by Gasteiger charge is -2.29. The first-order valence-corrected chi connectivity index (χ1v) is 9.42. The Hall–Kier alpha value is -2.15. The molecule has 0 unspecified atom stereocenters. The van der Waals surface area contributed by atoms with Gasteiger partial charge in [-0.3, -0.25) is 9.59 Å². The molecule has 0 bridgehead atoms. The summed E-state index contributed by atoms with van der Waals surface area (Å²) in [5.41, 5.74) is 2.37. The smallest absolute Gasteiger partial charge is 0.341 e. The molecule has 1 aromatic heterocycles. The number of esters is 1. The Morgan fingerprint density at radius 3 is 2.27 bits per heavy atom. The van der Waals surface area contributed by atoms with Gasteiger partial charge in [-0.15, -0.1) is 11.3 Å². The first kappa shape index (κ1) is 20.2. The second kappa shape index (κ2) is 8.03. The third-order valence-electron chi connectivity index (χ3n) is 4.58. The normalized spacial score (nSPS) is 20.2. The molecule has 0 saturated carbocycles. The van der Waals surface area contributed by atoms with Gasteiger partial charge in [0.25, 0.3) is 0 Å². The lowest BCUT2D eigenvalue weighted by atomic mass is 9.76. The monoisotopic (exact) mass is 379 g/mol. The summed E-state index contributed by atoms with van der Waals surface area (Å²) in [6, 6.07) is 1.68. The molecule has 26 heavy (non-hydrogen) atoms. The average molecular weight is 379 g/mol. The first-order valence-electron chi connectivity index (χ1n) is 8.60. The topological polar surface area (TPSA) is 92.7 Å². The molecule has 2 rings (SSSR count). The minimum Gasteiger partial charge on any atom is -0.481 e. The summed E-state index contributed by atoms with van der Waals surface area (Å²) in [6.07, 6.45) is 0.507. The fraction of sp³-hybridized carbons (Fsp3) is 0.526. The van der Waals surface area contributed by atoms with Crippen molar-refractivity contribution in [2.75, 3.05) is 5.32 Å². The molecule has 0 fully saturated rings. The van der Waals surface area contributed by atoms with Crippen molar-refractivity contribution in [1.29, 1.82) is 0 Å². The van der Waals surface area contributed by atoms with E-state index in [0.29, 0.717) is 23.4 Å². The maximum atomic E-state index is 12.8. The van der Waals surface area contributed by atoms with Crippen LogP contribution in [0.15, 0.2) is 17.2 Å². The minimum atomic E-state index is -0.973. The summed E-state index contributed by atoms with van der Waals surface area (Å²) in [7, 11) is 0. The van der Waals surface area contributed by atoms with Gasteiger partial charge in [0.1, 0.15) is 5.00 Å². The van der Waals surface area contributed by atoms with Gasteiger partial charge >= 0.3 is 11.9 Å². The summed E-state index contributed by atoms with van der Waals surface area (Å²) >= 11 is 1.28. The van der Waals surface area contributed by atoms with E-state index in [2.05, 4.69) is 5.32 Å². The molecule has 7 heteroatoms. The molecule has 0 spiro atoms. The molecular formula is C19H25NO5S. The van der Waals surface area contributed by atoms with E-state index in [9.17, 15) is 19.5 Å². The number of hydrogen-bond donors (Lipinski definition) is 2. The van der Waals surface area contributed by atoms with Gasteiger partial charge in [-0.2, -0.15) is 0 Å². The maximum absolute atomic E-state index is 12.8. The van der Waals surface area contributed by atoms with E-state index >= 15 is 0 Å². The summed E-state index contributed by atoms with van der Waals surface area (Å²) in [6.45, 7) is 9.18. The Bertz CT molecular complexity index is 762. The van der Waals surface area contributed by atoms with Gasteiger partial charge in [0.15, 0.2) is 0 Å². The molecule has 2 atom stereocenters. The van der Waals surface area contributed by atoms with Crippen LogP contribution in [-0.4, -0.2) is 29.1 Å². The minimum absolute atomic E-state index is 0.267. The van der Waals surface area contributed by atoms with Gasteiger partial charge in [-0.05, 0) is 53.5 Å². The van der Waals surface area contributed by atoms with Gasteiger partial charge in [-0.25, -0.2) is 4.79 Å². The van der Waals surface area contributed by atoms with Crippen molar-refractivity contribution in [3.8, 4) is 0 Å². The van der Waals surface area contributed by atoms with Gasteiger partial charge in [0.2, 0.25) is 5.91 Å². The standard InChI is InChI=1S/C19H25NO5S/c1-9(2)25-19(24)15-8-12(5)26-17(15)20-16(21)13-6-10(3)11(4)7-14(13)18(22)23/h8-9,13-14H,6-7H2,1-5H3,(H,20,21)(H,22,23)/t13-,14-/m0/s1. The lowest BCUT2D eigenvalue weighted by Crippen LogP contribution is -2.36. The molecule has 0 aromatic carbocycles. The molecule has 1 aliphatic rings. The van der Waals surface area contributed by atoms with Crippen LogP contribution >= 0.6 is 11.3 Å². The number of amides is 1. The molecule has 1 amide bonds. The average Bonchev–Trinajstić information content (AvgIpc) is 2.89. The van der Waals surface area contributed by atoms with E-state index in [1.54, 1.807) is 19.9 Å². The predicted molar refractivity (Wildman–Crippen MR) is 100 cm³/mol. The number of aliphatic carboxylic acids is 1. The number of allylic oxidation sites excluding steroid dienone is 2. The van der Waals surface area contributed by atoms with Crippen molar-refractivity contribution in [2.24, 2.45) is 11.8 Å². The molecule has 2 N–H and O–H groups in total. The number of hydrogen-bond acceptors (Lipinski definition) is 5. The summed E-state index contributed by atoms with van der Waals surface area (Å²) in [4.78, 5) is 37.5. The summed E-state index contributed by atoms with van der Waals surface area (Å²) < 4.78 is 5.22. The van der Waals surface area contributed by atoms with E-state index in [0.717, 1.165) is 16.0 Å². The van der Waals surface area contributed by atoms with Gasteiger partial charge < -0.3 is 15.2 Å². The molecule has 0 saturated heterocycles. The Morgan fingerprint density at radius 1 is 1.15 bits per heavy atom. The fourth-order valence-electron chi connectivity index (χ4n) is 3.07. The first-order chi connectivity index (χ1) is 12.1. The van der Waals surface area contributed by atoms with Crippen LogP contribution in [0.4, 0.5) is 5.00 Å². The van der Waals surface area contributed by atoms with Gasteiger partial charge in [0, 0.05) is 4.88 Å². The van der Waals surface area contributed by atoms with E-state index in [1.165, 1.54) is 11.3 Å². The van der Waals surface area contributed by atoms with Crippen molar-refractivity contribution in [2.45, 2.75) is 53.6 Å². The largest absolute Gasteiger partial charge is 0.481 e. The number of ether oxygens (including phenoxy) is 1. The molecule has 142 valence electrons. The highest BCUT2D eigenvalue weighted by molar-refractivity contribution is 7.16. The van der Waals surface area contributed by atoms with E-state index in [1.807, 2.05) is 20.8 Å². The molecule has 6 nitrogen and oxygen atoms in total. The number of carbonyl (C=O) groups excluding carboxylic acids is 2. The second-order valence-electron chi connectivity index (χ2n) is 7.06. The van der Waals surface area contributed by atoms with Crippen LogP contribution in [0.3, 0.4) is 0 Å². The van der Waals surface area contributed by atoms with Crippen LogP contribution < -0.4 is 5.32 Å². The zero-order valence-corrected chi connectivity index (χ0v) is 16.5. The number of carbonyl (C=O) groups is 3. The van der Waals surface area contributed by atoms with Crippen LogP contribution in [-0.2, 0) is 14.3 Å². The highest BCUT2D eigenvalue weighted by atomic mass is 32.1. The number of thiophene rings is 1. The third kappa shape index (κ3) is 4.52. The lowest BCUT2D eigenvalue weighted by molar-refractivity contribution is -0.146. The number of nitrogens with one attached hydrogen (secondary N) is 1. The van der Waals surface area contributed by atoms with Crippen LogP contribution in [0.25, 0.3) is 0 Å². The van der Waals surface area contributed by atoms with Gasteiger partial charge in [0.05, 0.1) is 23.5 Å². The van der Waals surface area contributed by atoms with Crippen molar-refractivity contribution in [3.63, 3.8) is 0 Å². The van der Waals surface area contributed by atoms with Crippen LogP contribution in [0.5, 0.6) is 0 Å². The van der Waals surface area contributed by atoms with E-state index < -0.39 is 23.8 Å². The molecule has 1 aliphatic carbocycles. The molecule has 1 heterocycles. The number of carboxylic acid groups (broad SMARTS) is 1. The summed E-state index contributed by atoms with van der Waals surface area (Å²) in [5.74, 6) is -3.26. The highest BCUT2D eigenvalue weighted by Crippen LogP contribution is 2.36.